The molecule has 0 saturated carbocycles. The maximum Gasteiger partial charge on any atom is 0.0934 e. The Morgan fingerprint density at radius 1 is 1.22 bits per heavy atom. The van der Waals surface area contributed by atoms with Crippen LogP contribution in [0.25, 0.3) is 0 Å². The topological polar surface area (TPSA) is 24.9 Å². The van der Waals surface area contributed by atoms with Gasteiger partial charge >= 0.3 is 0 Å². The van der Waals surface area contributed by atoms with Crippen LogP contribution in [0.4, 0.5) is 0 Å². The normalized spacial score (nSPS) is 12.6. The first kappa shape index (κ1) is 13.2. The summed E-state index contributed by atoms with van der Waals surface area (Å²) in [4.78, 5) is 6.03. The molecule has 96 valence electrons. The number of thiazole rings is 1. The zero-order valence-electron chi connectivity index (χ0n) is 11.2. The van der Waals surface area contributed by atoms with Crippen molar-refractivity contribution >= 4 is 11.3 Å². The van der Waals surface area contributed by atoms with Crippen LogP contribution < -0.4 is 5.32 Å². The standard InChI is InChI=1S/C15H20N2S/c1-11(16-3)15-12(2)17-14(18-15)10-9-13-7-5-4-6-8-13/h4-8,11,16H,9-10H2,1-3H3. The maximum atomic E-state index is 4.67. The van der Waals surface area contributed by atoms with Crippen molar-refractivity contribution in [1.82, 2.24) is 10.3 Å². The molecule has 0 spiro atoms. The summed E-state index contributed by atoms with van der Waals surface area (Å²) < 4.78 is 0. The van der Waals surface area contributed by atoms with Gasteiger partial charge in [0.2, 0.25) is 0 Å². The van der Waals surface area contributed by atoms with Gasteiger partial charge in [0.25, 0.3) is 0 Å². The Morgan fingerprint density at radius 2 is 1.94 bits per heavy atom. The fraction of sp³-hybridized carbons (Fsp3) is 0.400. The van der Waals surface area contributed by atoms with Crippen molar-refractivity contribution in [3.63, 3.8) is 0 Å². The van der Waals surface area contributed by atoms with E-state index in [0.717, 1.165) is 12.8 Å². The van der Waals surface area contributed by atoms with Crippen LogP contribution in [0.2, 0.25) is 0 Å². The number of aromatic nitrogens is 1. The third-order valence-corrected chi connectivity index (χ3v) is 4.57. The fourth-order valence-corrected chi connectivity index (χ4v) is 3.13. The molecule has 0 saturated heterocycles. The molecule has 3 heteroatoms. The van der Waals surface area contributed by atoms with Crippen LogP contribution >= 0.6 is 11.3 Å². The van der Waals surface area contributed by atoms with E-state index in [9.17, 15) is 0 Å². The van der Waals surface area contributed by atoms with E-state index in [-0.39, 0.29) is 0 Å². The van der Waals surface area contributed by atoms with Crippen molar-refractivity contribution < 1.29 is 0 Å². The number of nitrogens with one attached hydrogen (secondary N) is 1. The van der Waals surface area contributed by atoms with Crippen molar-refractivity contribution in [3.8, 4) is 0 Å². The van der Waals surface area contributed by atoms with Gasteiger partial charge in [-0.1, -0.05) is 30.3 Å². The second kappa shape index (κ2) is 6.12. The Kier molecular flexibility index (Phi) is 4.50. The average Bonchev–Trinajstić information content (AvgIpc) is 2.78. The second-order valence-electron chi connectivity index (χ2n) is 4.55. The first-order valence-electron chi connectivity index (χ1n) is 6.38. The summed E-state index contributed by atoms with van der Waals surface area (Å²) in [7, 11) is 1.99. The molecular formula is C15H20N2S. The second-order valence-corrected chi connectivity index (χ2v) is 5.67. The van der Waals surface area contributed by atoms with Gasteiger partial charge in [0.05, 0.1) is 10.7 Å². The number of rotatable bonds is 5. The number of nitrogens with zero attached hydrogens (tertiary/aromatic N) is 1. The molecule has 1 atom stereocenters. The third-order valence-electron chi connectivity index (χ3n) is 3.17. The molecule has 2 nitrogen and oxygen atoms in total. The largest absolute Gasteiger partial charge is 0.312 e. The van der Waals surface area contributed by atoms with Gasteiger partial charge in [0.1, 0.15) is 0 Å². The SMILES string of the molecule is CNC(C)c1sc(CCc2ccccc2)nc1C. The number of hydrogen-bond donors (Lipinski definition) is 1. The Morgan fingerprint density at radius 3 is 2.61 bits per heavy atom. The van der Waals surface area contributed by atoms with Gasteiger partial charge in [-0.25, -0.2) is 4.98 Å². The molecule has 0 aliphatic rings. The Bertz CT molecular complexity index is 490. The summed E-state index contributed by atoms with van der Waals surface area (Å²) >= 11 is 1.84. The van der Waals surface area contributed by atoms with Crippen molar-refractivity contribution in [2.45, 2.75) is 32.7 Å². The summed E-state index contributed by atoms with van der Waals surface area (Å²) in [6.45, 7) is 4.28. The minimum atomic E-state index is 0.396. The minimum Gasteiger partial charge on any atom is -0.312 e. The molecule has 2 rings (SSSR count). The molecule has 0 aliphatic heterocycles. The zero-order valence-corrected chi connectivity index (χ0v) is 12.1. The summed E-state index contributed by atoms with van der Waals surface area (Å²) in [5.41, 5.74) is 2.55. The molecule has 1 heterocycles. The van der Waals surface area contributed by atoms with Gasteiger partial charge in [-0.15, -0.1) is 11.3 Å². The van der Waals surface area contributed by atoms with E-state index in [1.54, 1.807) is 0 Å². The molecule has 1 unspecified atom stereocenters. The predicted octanol–water partition coefficient (Wildman–Crippen LogP) is 3.52. The highest BCUT2D eigenvalue weighted by Gasteiger charge is 2.12. The average molecular weight is 260 g/mol. The third kappa shape index (κ3) is 3.18. The van der Waals surface area contributed by atoms with Crippen LogP contribution in [0.1, 0.15) is 34.1 Å². The first-order chi connectivity index (χ1) is 8.70. The molecule has 2 aromatic rings. The summed E-state index contributed by atoms with van der Waals surface area (Å²) in [6, 6.07) is 11.0. The molecule has 0 fully saturated rings. The molecule has 1 aromatic heterocycles. The molecule has 1 aromatic carbocycles. The molecule has 18 heavy (non-hydrogen) atoms. The Balaban J connectivity index is 2.02. The molecule has 1 N–H and O–H groups in total. The first-order valence-corrected chi connectivity index (χ1v) is 7.19. The highest BCUT2D eigenvalue weighted by atomic mass is 32.1. The summed E-state index contributed by atoms with van der Waals surface area (Å²) in [5, 5.41) is 4.52. The Labute approximate surface area is 113 Å². The van der Waals surface area contributed by atoms with Crippen LogP contribution in [0.15, 0.2) is 30.3 Å². The van der Waals surface area contributed by atoms with Gasteiger partial charge in [-0.05, 0) is 32.9 Å². The lowest BCUT2D eigenvalue weighted by molar-refractivity contribution is 0.658. The van der Waals surface area contributed by atoms with E-state index in [1.807, 2.05) is 18.4 Å². The van der Waals surface area contributed by atoms with Crippen LogP contribution in [-0.2, 0) is 12.8 Å². The maximum absolute atomic E-state index is 4.67. The number of hydrogen-bond acceptors (Lipinski definition) is 3. The van der Waals surface area contributed by atoms with Crippen molar-refractivity contribution in [1.29, 1.82) is 0 Å². The monoisotopic (exact) mass is 260 g/mol. The van der Waals surface area contributed by atoms with Crippen molar-refractivity contribution in [2.75, 3.05) is 7.05 Å². The van der Waals surface area contributed by atoms with E-state index in [2.05, 4.69) is 54.5 Å². The number of aryl methyl sites for hydroxylation is 3. The Hall–Kier alpha value is -1.19. The van der Waals surface area contributed by atoms with Gasteiger partial charge < -0.3 is 5.32 Å². The lowest BCUT2D eigenvalue weighted by atomic mass is 10.1. The molecule has 0 bridgehead atoms. The fourth-order valence-electron chi connectivity index (χ4n) is 2.00. The van der Waals surface area contributed by atoms with E-state index < -0.39 is 0 Å². The van der Waals surface area contributed by atoms with Crippen LogP contribution in [0.3, 0.4) is 0 Å². The zero-order chi connectivity index (χ0) is 13.0. The van der Waals surface area contributed by atoms with E-state index in [1.165, 1.54) is 21.1 Å². The van der Waals surface area contributed by atoms with E-state index in [0.29, 0.717) is 6.04 Å². The van der Waals surface area contributed by atoms with Gasteiger partial charge in [0.15, 0.2) is 0 Å². The van der Waals surface area contributed by atoms with E-state index in [4.69, 9.17) is 0 Å². The van der Waals surface area contributed by atoms with Crippen LogP contribution in [0.5, 0.6) is 0 Å². The van der Waals surface area contributed by atoms with Crippen molar-refractivity contribution in [3.05, 3.63) is 51.5 Å². The lowest BCUT2D eigenvalue weighted by Crippen LogP contribution is -2.11. The molecule has 0 aliphatic carbocycles. The minimum absolute atomic E-state index is 0.396. The lowest BCUT2D eigenvalue weighted by Gasteiger charge is -2.06. The molecule has 0 radical (unpaired) electrons. The summed E-state index contributed by atoms with van der Waals surface area (Å²) in [5.74, 6) is 0. The molecule has 0 amide bonds. The smallest absolute Gasteiger partial charge is 0.0934 e. The van der Waals surface area contributed by atoms with Crippen LogP contribution in [-0.4, -0.2) is 12.0 Å². The van der Waals surface area contributed by atoms with Crippen molar-refractivity contribution in [2.24, 2.45) is 0 Å². The van der Waals surface area contributed by atoms with Gasteiger partial charge in [0, 0.05) is 17.3 Å². The highest BCUT2D eigenvalue weighted by molar-refractivity contribution is 7.11. The molecular weight excluding hydrogens is 240 g/mol. The van der Waals surface area contributed by atoms with Gasteiger partial charge in [-0.2, -0.15) is 0 Å². The number of benzene rings is 1. The van der Waals surface area contributed by atoms with E-state index >= 15 is 0 Å². The highest BCUT2D eigenvalue weighted by Crippen LogP contribution is 2.25. The quantitative estimate of drug-likeness (QED) is 0.889. The van der Waals surface area contributed by atoms with Crippen LogP contribution in [0, 0.1) is 6.92 Å². The van der Waals surface area contributed by atoms with Gasteiger partial charge in [-0.3, -0.25) is 0 Å². The predicted molar refractivity (Wildman–Crippen MR) is 78.2 cm³/mol. The summed E-state index contributed by atoms with van der Waals surface area (Å²) in [6.07, 6.45) is 2.10.